The van der Waals surface area contributed by atoms with E-state index in [1.165, 1.54) is 11.3 Å². The molecular weight excluding hydrogens is 550 g/mol. The summed E-state index contributed by atoms with van der Waals surface area (Å²) in [6, 6.07) is 4.28. The van der Waals surface area contributed by atoms with E-state index in [0.717, 1.165) is 49.1 Å². The SMILES string of the molecule is C=C[C@H](Oc1cc(NCC2COC2)nc(/C(N)=C2\CCC[C@@]3(CCCc4sc(N)c(C#N)c43)C2=O)n1)[C@@H]1CCCN1C. The summed E-state index contributed by atoms with van der Waals surface area (Å²) in [5.41, 5.74) is 14.3. The number of nitrogens with one attached hydrogen (secondary N) is 1. The summed E-state index contributed by atoms with van der Waals surface area (Å²) in [4.78, 5) is 27.2. The van der Waals surface area contributed by atoms with Gasteiger partial charge >= 0.3 is 0 Å². The minimum absolute atomic E-state index is 0.0332. The molecule has 3 fully saturated rings. The fourth-order valence-corrected chi connectivity index (χ4v) is 8.20. The second-order valence-electron chi connectivity index (χ2n) is 12.0. The van der Waals surface area contributed by atoms with Crippen LogP contribution in [0.15, 0.2) is 24.3 Å². The molecule has 222 valence electrons. The van der Waals surface area contributed by atoms with E-state index in [2.05, 4.69) is 29.9 Å². The third-order valence-corrected chi connectivity index (χ3v) is 10.4. The minimum atomic E-state index is -0.786. The van der Waals surface area contributed by atoms with Gasteiger partial charge in [0, 0.05) is 29.0 Å². The number of likely N-dealkylation sites (tertiary alicyclic amines) is 1. The zero-order valence-electron chi connectivity index (χ0n) is 24.2. The summed E-state index contributed by atoms with van der Waals surface area (Å²) in [5.74, 6) is 1.61. The van der Waals surface area contributed by atoms with Gasteiger partial charge in [-0.2, -0.15) is 10.2 Å². The number of thiophene rings is 1. The summed E-state index contributed by atoms with van der Waals surface area (Å²) in [5, 5.41) is 13.8. The van der Waals surface area contributed by atoms with E-state index in [1.807, 2.05) is 6.08 Å². The van der Waals surface area contributed by atoms with E-state index in [1.54, 1.807) is 6.07 Å². The fourth-order valence-electron chi connectivity index (χ4n) is 7.04. The number of nitriles is 1. The van der Waals surface area contributed by atoms with E-state index >= 15 is 0 Å². The maximum atomic E-state index is 14.4. The average molecular weight is 590 g/mol. The maximum Gasteiger partial charge on any atom is 0.219 e. The first-order chi connectivity index (χ1) is 20.3. The van der Waals surface area contributed by atoms with Crippen molar-refractivity contribution < 1.29 is 14.3 Å². The molecule has 2 aromatic rings. The molecule has 0 radical (unpaired) electrons. The predicted molar refractivity (Wildman–Crippen MR) is 163 cm³/mol. The number of ether oxygens (including phenoxy) is 2. The Hall–Kier alpha value is -3.46. The van der Waals surface area contributed by atoms with Crippen LogP contribution in [0, 0.1) is 17.2 Å². The molecule has 4 heterocycles. The molecule has 1 saturated carbocycles. The topological polar surface area (TPSA) is 152 Å². The largest absolute Gasteiger partial charge is 0.468 e. The van der Waals surface area contributed by atoms with Crippen LogP contribution in [0.4, 0.5) is 10.8 Å². The number of nitrogens with zero attached hydrogens (tertiary/aromatic N) is 4. The summed E-state index contributed by atoms with van der Waals surface area (Å²) in [6.07, 6.45) is 8.05. The van der Waals surface area contributed by atoms with Gasteiger partial charge in [-0.05, 0) is 76.6 Å². The second kappa shape index (κ2) is 11.7. The van der Waals surface area contributed by atoms with Gasteiger partial charge in [-0.3, -0.25) is 9.69 Å². The van der Waals surface area contributed by atoms with E-state index in [9.17, 15) is 10.1 Å². The van der Waals surface area contributed by atoms with Crippen LogP contribution in [-0.4, -0.2) is 66.1 Å². The van der Waals surface area contributed by atoms with Gasteiger partial charge in [0.05, 0.1) is 35.9 Å². The van der Waals surface area contributed by atoms with Crippen molar-refractivity contribution >= 4 is 33.6 Å². The van der Waals surface area contributed by atoms with Crippen molar-refractivity contribution in [3.63, 3.8) is 0 Å². The summed E-state index contributed by atoms with van der Waals surface area (Å²) in [6.45, 7) is 7.16. The zero-order chi connectivity index (χ0) is 29.4. The Bertz CT molecular complexity index is 1460. The molecule has 0 bridgehead atoms. The van der Waals surface area contributed by atoms with Crippen LogP contribution in [0.5, 0.6) is 5.88 Å². The number of hydrogen-bond acceptors (Lipinski definition) is 11. The van der Waals surface area contributed by atoms with Crippen LogP contribution < -0.4 is 21.5 Å². The van der Waals surface area contributed by atoms with E-state index in [-0.39, 0.29) is 29.5 Å². The first kappa shape index (κ1) is 28.6. The molecule has 2 aliphatic heterocycles. The number of anilines is 2. The molecule has 10 nitrogen and oxygen atoms in total. The third-order valence-electron chi connectivity index (χ3n) is 9.34. The molecule has 0 amide bonds. The lowest BCUT2D eigenvalue weighted by Crippen LogP contribution is -2.43. The Morgan fingerprint density at radius 2 is 2.14 bits per heavy atom. The molecular formula is C31H39N7O3S. The number of nitrogens with two attached hydrogens (primary N) is 2. The fraction of sp³-hybridized carbons (Fsp3) is 0.548. The number of hydrogen-bond donors (Lipinski definition) is 3. The average Bonchev–Trinajstić information content (AvgIpc) is 3.54. The minimum Gasteiger partial charge on any atom is -0.468 e. The summed E-state index contributed by atoms with van der Waals surface area (Å²) in [7, 11) is 2.10. The van der Waals surface area contributed by atoms with Gasteiger partial charge in [-0.1, -0.05) is 6.58 Å². The standard InChI is InChI=1S/C31H39N7O3S/c1-3-22(21-8-6-12-38(21)2)41-25-13-24(35-15-18-16-40-17-18)36-30(37-25)27(33)19-7-4-10-31(28(19)39)11-5-9-23-26(31)20(14-32)29(34)42-23/h3,13,18,21-22H,1,4-12,15-17,33-34H2,2H3,(H,35,36,37)/b27-19-/t21-,22-,31-/m0/s1. The zero-order valence-corrected chi connectivity index (χ0v) is 25.0. The Balaban J connectivity index is 1.37. The van der Waals surface area contributed by atoms with Gasteiger partial charge in [-0.25, -0.2) is 4.98 Å². The van der Waals surface area contributed by atoms with E-state index < -0.39 is 5.41 Å². The van der Waals surface area contributed by atoms with Crippen molar-refractivity contribution in [3.8, 4) is 11.9 Å². The molecule has 0 aromatic carbocycles. The molecule has 5 N–H and O–H groups in total. The lowest BCUT2D eigenvalue weighted by atomic mass is 9.61. The number of ketones is 1. The van der Waals surface area contributed by atoms with Gasteiger partial charge < -0.3 is 26.3 Å². The highest BCUT2D eigenvalue weighted by molar-refractivity contribution is 7.16. The molecule has 4 aliphatic rings. The molecule has 6 rings (SSSR count). The number of aromatic nitrogens is 2. The molecule has 2 aliphatic carbocycles. The van der Waals surface area contributed by atoms with Crippen LogP contribution in [0.25, 0.3) is 5.70 Å². The first-order valence-corrected chi connectivity index (χ1v) is 15.7. The summed E-state index contributed by atoms with van der Waals surface area (Å²) >= 11 is 1.44. The summed E-state index contributed by atoms with van der Waals surface area (Å²) < 4.78 is 11.7. The van der Waals surface area contributed by atoms with Gasteiger partial charge in [-0.15, -0.1) is 11.3 Å². The Morgan fingerprint density at radius 1 is 1.36 bits per heavy atom. The lowest BCUT2D eigenvalue weighted by Gasteiger charge is -2.40. The molecule has 2 saturated heterocycles. The normalized spacial score (nSPS) is 26.3. The van der Waals surface area contributed by atoms with Crippen LogP contribution in [0.3, 0.4) is 0 Å². The van der Waals surface area contributed by atoms with Crippen molar-refractivity contribution in [2.45, 2.75) is 68.9 Å². The van der Waals surface area contributed by atoms with Crippen molar-refractivity contribution in [3.05, 3.63) is 46.1 Å². The maximum absolute atomic E-state index is 14.4. The molecule has 42 heavy (non-hydrogen) atoms. The van der Waals surface area contributed by atoms with E-state index in [0.29, 0.717) is 72.8 Å². The Kier molecular flexibility index (Phi) is 7.96. The Morgan fingerprint density at radius 3 is 2.81 bits per heavy atom. The first-order valence-electron chi connectivity index (χ1n) is 14.9. The number of fused-ring (bicyclic) bond motifs is 2. The number of carbonyl (C=O) groups excluding carboxylic acids is 1. The van der Waals surface area contributed by atoms with Gasteiger partial charge in [0.2, 0.25) is 5.88 Å². The number of aryl methyl sites for hydroxylation is 1. The van der Waals surface area contributed by atoms with Crippen LogP contribution >= 0.6 is 11.3 Å². The van der Waals surface area contributed by atoms with Gasteiger partial charge in [0.1, 0.15) is 23.0 Å². The van der Waals surface area contributed by atoms with Crippen molar-refractivity contribution in [1.82, 2.24) is 14.9 Å². The molecule has 0 unspecified atom stereocenters. The quantitative estimate of drug-likeness (QED) is 0.306. The van der Waals surface area contributed by atoms with Crippen molar-refractivity contribution in [2.75, 3.05) is 44.4 Å². The molecule has 3 atom stereocenters. The highest BCUT2D eigenvalue weighted by Crippen LogP contribution is 2.52. The third kappa shape index (κ3) is 5.06. The number of nitrogen functional groups attached to an aromatic ring is 1. The number of carbonyl (C=O) groups is 1. The van der Waals surface area contributed by atoms with Crippen molar-refractivity contribution in [2.24, 2.45) is 11.7 Å². The van der Waals surface area contributed by atoms with Gasteiger partial charge in [0.25, 0.3) is 0 Å². The Labute approximate surface area is 250 Å². The highest BCUT2D eigenvalue weighted by Gasteiger charge is 2.49. The molecule has 2 aromatic heterocycles. The van der Waals surface area contributed by atoms with Crippen LogP contribution in [0.1, 0.15) is 66.8 Å². The molecule has 11 heteroatoms. The molecule has 1 spiro atoms. The highest BCUT2D eigenvalue weighted by atomic mass is 32.1. The monoisotopic (exact) mass is 589 g/mol. The van der Waals surface area contributed by atoms with Crippen LogP contribution in [-0.2, 0) is 21.4 Å². The lowest BCUT2D eigenvalue weighted by molar-refractivity contribution is -0.122. The van der Waals surface area contributed by atoms with Crippen molar-refractivity contribution in [1.29, 1.82) is 5.26 Å². The van der Waals surface area contributed by atoms with Crippen LogP contribution in [0.2, 0.25) is 0 Å². The number of allylic oxidation sites excluding steroid dienone is 1. The van der Waals surface area contributed by atoms with E-state index in [4.69, 9.17) is 30.9 Å². The number of rotatable bonds is 8. The predicted octanol–water partition coefficient (Wildman–Crippen LogP) is 3.77. The number of likely N-dealkylation sites (N-methyl/N-ethyl adjacent to an activating group) is 1. The smallest absolute Gasteiger partial charge is 0.219 e. The van der Waals surface area contributed by atoms with Gasteiger partial charge in [0.15, 0.2) is 11.6 Å². The second-order valence-corrected chi connectivity index (χ2v) is 13.1. The number of Topliss-reactive ketones (excluding diaryl/α,β-unsaturated/α-hetero) is 1.